The van der Waals surface area contributed by atoms with E-state index in [-0.39, 0.29) is 0 Å². The van der Waals surface area contributed by atoms with Crippen LogP contribution in [0.4, 0.5) is 0 Å². The number of hydrogen-bond acceptors (Lipinski definition) is 1. The lowest BCUT2D eigenvalue weighted by molar-refractivity contribution is -0.0644. The van der Waals surface area contributed by atoms with Crippen molar-refractivity contribution in [2.24, 2.45) is 52.3 Å². The van der Waals surface area contributed by atoms with E-state index >= 15 is 0 Å². The zero-order valence-electron chi connectivity index (χ0n) is 23.3. The Morgan fingerprint density at radius 3 is 2.36 bits per heavy atom. The molecule has 0 saturated heterocycles. The monoisotopic (exact) mass is 456 g/mol. The van der Waals surface area contributed by atoms with E-state index in [4.69, 9.17) is 4.74 Å². The Kier molecular flexibility index (Phi) is 8.09. The van der Waals surface area contributed by atoms with E-state index in [1.165, 1.54) is 77.0 Å². The van der Waals surface area contributed by atoms with Gasteiger partial charge in [-0.3, -0.25) is 0 Å². The van der Waals surface area contributed by atoms with Crippen molar-refractivity contribution in [3.8, 4) is 0 Å². The van der Waals surface area contributed by atoms with Crippen LogP contribution in [0.3, 0.4) is 0 Å². The van der Waals surface area contributed by atoms with Gasteiger partial charge in [-0.05, 0) is 110 Å². The first-order chi connectivity index (χ1) is 15.6. The fourth-order valence-corrected chi connectivity index (χ4v) is 9.26. The fraction of sp³-hybridized carbons (Fsp3) is 0.938. The summed E-state index contributed by atoms with van der Waals surface area (Å²) in [5, 5.41) is 0. The Balaban J connectivity index is 1.41. The van der Waals surface area contributed by atoms with E-state index in [1.54, 1.807) is 5.57 Å². The lowest BCUT2D eigenvalue weighted by Crippen LogP contribution is -2.51. The van der Waals surface area contributed by atoms with Gasteiger partial charge in [0, 0.05) is 6.61 Å². The lowest BCUT2D eigenvalue weighted by Gasteiger charge is -2.58. The van der Waals surface area contributed by atoms with Crippen molar-refractivity contribution in [2.45, 2.75) is 132 Å². The summed E-state index contributed by atoms with van der Waals surface area (Å²) >= 11 is 0. The van der Waals surface area contributed by atoms with Crippen molar-refractivity contribution in [3.63, 3.8) is 0 Å². The highest BCUT2D eigenvalue weighted by Crippen LogP contribution is 2.67. The minimum absolute atomic E-state index is 0.461. The molecule has 4 rings (SSSR count). The average molecular weight is 457 g/mol. The summed E-state index contributed by atoms with van der Waals surface area (Å²) in [6.45, 7) is 18.3. The van der Waals surface area contributed by atoms with Gasteiger partial charge in [-0.2, -0.15) is 0 Å². The van der Waals surface area contributed by atoms with Crippen LogP contribution in [-0.2, 0) is 4.74 Å². The van der Waals surface area contributed by atoms with E-state index < -0.39 is 0 Å². The summed E-state index contributed by atoms with van der Waals surface area (Å²) in [5.74, 6) is 6.35. The maximum Gasteiger partial charge on any atom is 0.0612 e. The van der Waals surface area contributed by atoms with Gasteiger partial charge in [0.25, 0.3) is 0 Å². The molecular formula is C32H56O. The number of fused-ring (bicyclic) bond motifs is 5. The zero-order valence-corrected chi connectivity index (χ0v) is 23.3. The molecule has 4 aliphatic rings. The molecule has 3 unspecified atom stereocenters. The molecule has 1 nitrogen and oxygen atoms in total. The summed E-state index contributed by atoms with van der Waals surface area (Å²) < 4.78 is 6.36. The minimum Gasteiger partial charge on any atom is -0.378 e. The number of hydrogen-bond donors (Lipinski definition) is 0. The van der Waals surface area contributed by atoms with Gasteiger partial charge in [0.15, 0.2) is 0 Å². The molecule has 0 aromatic heterocycles. The van der Waals surface area contributed by atoms with E-state index in [2.05, 4.69) is 54.5 Å². The number of rotatable bonds is 9. The van der Waals surface area contributed by atoms with Crippen LogP contribution in [0.2, 0.25) is 0 Å². The third-order valence-electron chi connectivity index (χ3n) is 11.3. The zero-order chi connectivity index (χ0) is 23.8. The first kappa shape index (κ1) is 25.8. The molecule has 0 aromatic carbocycles. The van der Waals surface area contributed by atoms with Gasteiger partial charge < -0.3 is 4.74 Å². The molecule has 0 N–H and O–H groups in total. The van der Waals surface area contributed by atoms with Crippen molar-refractivity contribution >= 4 is 0 Å². The Bertz CT molecular complexity index is 676. The van der Waals surface area contributed by atoms with E-state index in [0.29, 0.717) is 16.9 Å². The third-order valence-corrected chi connectivity index (χ3v) is 11.3. The van der Waals surface area contributed by atoms with Crippen LogP contribution in [0.25, 0.3) is 0 Å². The van der Waals surface area contributed by atoms with Crippen molar-refractivity contribution in [1.29, 1.82) is 0 Å². The molecule has 0 heterocycles. The molecule has 0 radical (unpaired) electrons. The van der Waals surface area contributed by atoms with E-state index in [1.807, 2.05) is 0 Å². The molecule has 3 fully saturated rings. The summed E-state index contributed by atoms with van der Waals surface area (Å²) in [5.41, 5.74) is 2.85. The highest BCUT2D eigenvalue weighted by atomic mass is 16.5. The average Bonchev–Trinajstić information content (AvgIpc) is 3.10. The second kappa shape index (κ2) is 10.4. The van der Waals surface area contributed by atoms with E-state index in [9.17, 15) is 0 Å². The van der Waals surface area contributed by atoms with Crippen molar-refractivity contribution in [3.05, 3.63) is 11.6 Å². The van der Waals surface area contributed by atoms with Crippen LogP contribution in [-0.4, -0.2) is 12.7 Å². The standard InChI is InChI=1S/C32H56O/c1-22(2)9-8-10-24(5)28-13-14-29-27-12-11-25-21-26(33-20-17-23(3)4)15-18-31(25,6)30(27)16-19-32(28,29)7/h11,22-24,26-30H,8-10,12-21H2,1-7H3/t24-,26+,27?,28-,29?,30?,31+,32-/m1/s1. The minimum atomic E-state index is 0.461. The SMILES string of the molecule is CC(C)CCC[C@@H](C)[C@H]1CCC2C3CC=C4C[C@@H](OCCC(C)C)CC[C@]4(C)C3CC[C@@]21C. The molecular weight excluding hydrogens is 400 g/mol. The van der Waals surface area contributed by atoms with Crippen LogP contribution in [0.1, 0.15) is 126 Å². The van der Waals surface area contributed by atoms with Gasteiger partial charge in [-0.25, -0.2) is 0 Å². The van der Waals surface area contributed by atoms with Crippen molar-refractivity contribution < 1.29 is 4.74 Å². The first-order valence-corrected chi connectivity index (χ1v) is 15.0. The predicted molar refractivity (Wildman–Crippen MR) is 142 cm³/mol. The van der Waals surface area contributed by atoms with Crippen LogP contribution in [0.5, 0.6) is 0 Å². The van der Waals surface area contributed by atoms with Gasteiger partial charge >= 0.3 is 0 Å². The smallest absolute Gasteiger partial charge is 0.0612 e. The van der Waals surface area contributed by atoms with Crippen LogP contribution in [0, 0.1) is 52.3 Å². The molecule has 0 spiro atoms. The maximum atomic E-state index is 6.36. The summed E-state index contributed by atoms with van der Waals surface area (Å²) in [7, 11) is 0. The Hall–Kier alpha value is -0.300. The molecule has 33 heavy (non-hydrogen) atoms. The Labute approximate surface area is 206 Å². The van der Waals surface area contributed by atoms with Gasteiger partial charge in [0.05, 0.1) is 6.10 Å². The van der Waals surface area contributed by atoms with Crippen LogP contribution in [0.15, 0.2) is 11.6 Å². The van der Waals surface area contributed by atoms with Gasteiger partial charge in [0.2, 0.25) is 0 Å². The topological polar surface area (TPSA) is 9.23 Å². The molecule has 8 atom stereocenters. The molecule has 0 aromatic rings. The molecule has 0 aliphatic heterocycles. The van der Waals surface area contributed by atoms with Crippen LogP contribution < -0.4 is 0 Å². The van der Waals surface area contributed by atoms with Gasteiger partial charge in [0.1, 0.15) is 0 Å². The largest absolute Gasteiger partial charge is 0.378 e. The second-order valence-corrected chi connectivity index (χ2v) is 14.2. The molecule has 0 amide bonds. The maximum absolute atomic E-state index is 6.36. The molecule has 0 bridgehead atoms. The molecule has 3 saturated carbocycles. The first-order valence-electron chi connectivity index (χ1n) is 15.0. The fourth-order valence-electron chi connectivity index (χ4n) is 9.26. The quantitative estimate of drug-likeness (QED) is 0.314. The number of allylic oxidation sites excluding steroid dienone is 1. The summed E-state index contributed by atoms with van der Waals surface area (Å²) in [6, 6.07) is 0. The predicted octanol–water partition coefficient (Wildman–Crippen LogP) is 9.46. The molecule has 4 aliphatic carbocycles. The Morgan fingerprint density at radius 1 is 0.879 bits per heavy atom. The van der Waals surface area contributed by atoms with Gasteiger partial charge in [-0.15, -0.1) is 0 Å². The van der Waals surface area contributed by atoms with E-state index in [0.717, 1.165) is 48.0 Å². The highest BCUT2D eigenvalue weighted by Gasteiger charge is 2.59. The third kappa shape index (κ3) is 5.15. The van der Waals surface area contributed by atoms with Crippen LogP contribution >= 0.6 is 0 Å². The number of ether oxygens (including phenoxy) is 1. The Morgan fingerprint density at radius 2 is 1.64 bits per heavy atom. The lowest BCUT2D eigenvalue weighted by atomic mass is 9.47. The van der Waals surface area contributed by atoms with Gasteiger partial charge in [-0.1, -0.05) is 79.4 Å². The van der Waals surface area contributed by atoms with Crippen molar-refractivity contribution in [2.75, 3.05) is 6.61 Å². The normalized spacial score (nSPS) is 41.5. The summed E-state index contributed by atoms with van der Waals surface area (Å²) in [4.78, 5) is 0. The second-order valence-electron chi connectivity index (χ2n) is 14.2. The highest BCUT2D eigenvalue weighted by molar-refractivity contribution is 5.25. The molecule has 1 heteroatoms. The van der Waals surface area contributed by atoms with Crippen molar-refractivity contribution in [1.82, 2.24) is 0 Å². The molecule has 190 valence electrons. The summed E-state index contributed by atoms with van der Waals surface area (Å²) in [6.07, 6.45) is 19.9.